The van der Waals surface area contributed by atoms with Gasteiger partial charge in [-0.2, -0.15) is 0 Å². The van der Waals surface area contributed by atoms with E-state index < -0.39 is 11.9 Å². The van der Waals surface area contributed by atoms with Gasteiger partial charge in [-0.3, -0.25) is 9.59 Å². The lowest BCUT2D eigenvalue weighted by atomic mass is 10.2. The van der Waals surface area contributed by atoms with E-state index >= 15 is 0 Å². The molecule has 0 heterocycles. The first-order chi connectivity index (χ1) is 25.6. The highest BCUT2D eigenvalue weighted by atomic mass is 32.2. The summed E-state index contributed by atoms with van der Waals surface area (Å²) in [6, 6.07) is 16.3. The normalized spacial score (nSPS) is 10.8. The maximum absolute atomic E-state index is 12.8. The highest BCUT2D eigenvalue weighted by molar-refractivity contribution is 8.14. The summed E-state index contributed by atoms with van der Waals surface area (Å²) < 4.78 is 32.5. The number of hydrogen-bond acceptors (Lipinski definition) is 12. The Labute approximate surface area is 319 Å². The lowest BCUT2D eigenvalue weighted by Gasteiger charge is -2.11. The van der Waals surface area contributed by atoms with Crippen LogP contribution in [0.5, 0.6) is 23.0 Å². The Kier molecular flexibility index (Phi) is 18.6. The number of carbonyl (C=O) groups is 4. The van der Waals surface area contributed by atoms with E-state index in [1.807, 2.05) is 37.3 Å². The molecule has 0 spiro atoms. The number of benzene rings is 3. The van der Waals surface area contributed by atoms with Crippen LogP contribution in [0.3, 0.4) is 0 Å². The molecule has 3 aromatic carbocycles. The molecule has 0 fully saturated rings. The maximum atomic E-state index is 12.8. The maximum Gasteiger partial charge on any atom is 0.330 e. The lowest BCUT2D eigenvalue weighted by molar-refractivity contribution is -0.138. The standard InChI is InChI=1S/C41H44O10S2/c1-6-38(42)50-24-10-8-22-48-33-17-12-30(27-35(33)46-4)14-20-40(44)52-32-16-19-37(29(3)26-32)53-41(45)21-15-31-13-18-34(36(28-31)47-5)49-23-9-11-25-51-39(43)7-2/h6-7,12-21,26-28H,1-2,8-11,22-25H2,3-5H3/b20-14+,21-15+. The Hall–Kier alpha value is -5.20. The van der Waals surface area contributed by atoms with Gasteiger partial charge in [-0.15, -0.1) is 0 Å². The molecule has 0 aliphatic carbocycles. The number of esters is 2. The molecule has 280 valence electrons. The predicted molar refractivity (Wildman–Crippen MR) is 209 cm³/mol. The second-order valence-electron chi connectivity index (χ2n) is 11.1. The van der Waals surface area contributed by atoms with Crippen molar-refractivity contribution < 1.29 is 47.6 Å². The number of ether oxygens (including phenoxy) is 6. The van der Waals surface area contributed by atoms with E-state index in [4.69, 9.17) is 28.4 Å². The van der Waals surface area contributed by atoms with E-state index in [9.17, 15) is 19.2 Å². The summed E-state index contributed by atoms with van der Waals surface area (Å²) in [4.78, 5) is 49.3. The van der Waals surface area contributed by atoms with Crippen molar-refractivity contribution in [1.82, 2.24) is 0 Å². The Morgan fingerprint density at radius 2 is 1.08 bits per heavy atom. The van der Waals surface area contributed by atoms with Gasteiger partial charge >= 0.3 is 11.9 Å². The molecule has 0 aliphatic rings. The fourth-order valence-corrected chi connectivity index (χ4v) is 5.92. The van der Waals surface area contributed by atoms with Crippen LogP contribution in [0, 0.1) is 6.92 Å². The van der Waals surface area contributed by atoms with Crippen LogP contribution in [0.15, 0.2) is 102 Å². The summed E-state index contributed by atoms with van der Waals surface area (Å²) in [5.41, 5.74) is 2.42. The van der Waals surface area contributed by atoms with Crippen LogP contribution in [0.2, 0.25) is 0 Å². The van der Waals surface area contributed by atoms with Crippen molar-refractivity contribution >= 4 is 57.8 Å². The number of carbonyl (C=O) groups excluding carboxylic acids is 4. The van der Waals surface area contributed by atoms with Gasteiger partial charge < -0.3 is 28.4 Å². The molecule has 3 rings (SSSR count). The topological polar surface area (TPSA) is 124 Å². The Balaban J connectivity index is 1.47. The van der Waals surface area contributed by atoms with Crippen molar-refractivity contribution in [2.24, 2.45) is 0 Å². The monoisotopic (exact) mass is 760 g/mol. The zero-order valence-corrected chi connectivity index (χ0v) is 31.8. The molecule has 0 radical (unpaired) electrons. The molecular formula is C41H44O10S2. The average Bonchev–Trinajstić information content (AvgIpc) is 3.16. The summed E-state index contributed by atoms with van der Waals surface area (Å²) in [5.74, 6) is 1.34. The van der Waals surface area contributed by atoms with Gasteiger partial charge in [0.15, 0.2) is 23.0 Å². The minimum Gasteiger partial charge on any atom is -0.493 e. The number of aryl methyl sites for hydroxylation is 1. The molecule has 0 N–H and O–H groups in total. The van der Waals surface area contributed by atoms with Crippen molar-refractivity contribution in [2.75, 3.05) is 40.6 Å². The highest BCUT2D eigenvalue weighted by Gasteiger charge is 2.10. The quantitative estimate of drug-likeness (QED) is 0.0423. The van der Waals surface area contributed by atoms with Gasteiger partial charge in [0.2, 0.25) is 10.2 Å². The minimum absolute atomic E-state index is 0.151. The van der Waals surface area contributed by atoms with Gasteiger partial charge in [0, 0.05) is 21.9 Å². The van der Waals surface area contributed by atoms with E-state index in [-0.39, 0.29) is 10.2 Å². The summed E-state index contributed by atoms with van der Waals surface area (Å²) >= 11 is 2.19. The zero-order valence-electron chi connectivity index (χ0n) is 30.1. The molecule has 0 saturated heterocycles. The SMILES string of the molecule is C=CC(=O)OCCCCOc1ccc(/C=C/C(=O)Sc2ccc(SC(=O)/C=C/c3ccc(OCCCCOC(=O)C=C)c(OC)c3)c(C)c2)cc1OC. The van der Waals surface area contributed by atoms with Crippen LogP contribution in [0.1, 0.15) is 42.4 Å². The van der Waals surface area contributed by atoms with Crippen LogP contribution in [0.25, 0.3) is 12.2 Å². The molecule has 3 aromatic rings. The van der Waals surface area contributed by atoms with Crippen molar-refractivity contribution in [3.05, 3.63) is 109 Å². The molecule has 10 nitrogen and oxygen atoms in total. The molecule has 0 aromatic heterocycles. The Morgan fingerprint density at radius 3 is 1.53 bits per heavy atom. The van der Waals surface area contributed by atoms with Gasteiger partial charge in [0.1, 0.15) is 0 Å². The van der Waals surface area contributed by atoms with Gasteiger partial charge in [-0.25, -0.2) is 9.59 Å². The third-order valence-electron chi connectivity index (χ3n) is 7.19. The van der Waals surface area contributed by atoms with Crippen molar-refractivity contribution in [3.8, 4) is 23.0 Å². The van der Waals surface area contributed by atoms with E-state index in [1.165, 1.54) is 12.2 Å². The number of methoxy groups -OCH3 is 2. The molecule has 53 heavy (non-hydrogen) atoms. The number of unbranched alkanes of at least 4 members (excludes halogenated alkanes) is 2. The number of rotatable bonds is 22. The van der Waals surface area contributed by atoms with Gasteiger partial charge in [-0.1, -0.05) is 37.4 Å². The predicted octanol–water partition coefficient (Wildman–Crippen LogP) is 8.45. The van der Waals surface area contributed by atoms with Crippen LogP contribution >= 0.6 is 23.5 Å². The molecule has 0 unspecified atom stereocenters. The van der Waals surface area contributed by atoms with E-state index in [2.05, 4.69) is 13.2 Å². The van der Waals surface area contributed by atoms with Gasteiger partial charge in [-0.05, 0) is 127 Å². The van der Waals surface area contributed by atoms with Crippen LogP contribution in [-0.2, 0) is 28.7 Å². The van der Waals surface area contributed by atoms with Crippen LogP contribution in [-0.4, -0.2) is 62.8 Å². The van der Waals surface area contributed by atoms with E-state index in [0.29, 0.717) is 75.1 Å². The third-order valence-corrected chi connectivity index (χ3v) is 9.03. The van der Waals surface area contributed by atoms with Gasteiger partial charge in [0.05, 0.1) is 40.6 Å². The average molecular weight is 761 g/mol. The molecule has 12 heteroatoms. The highest BCUT2D eigenvalue weighted by Crippen LogP contribution is 2.32. The second-order valence-corrected chi connectivity index (χ2v) is 13.2. The molecule has 0 saturated carbocycles. The fourth-order valence-electron chi connectivity index (χ4n) is 4.47. The summed E-state index contributed by atoms with van der Waals surface area (Å²) in [5, 5.41) is -0.305. The van der Waals surface area contributed by atoms with Crippen molar-refractivity contribution in [1.29, 1.82) is 0 Å². The van der Waals surface area contributed by atoms with Gasteiger partial charge in [0.25, 0.3) is 0 Å². The van der Waals surface area contributed by atoms with Crippen LogP contribution in [0.4, 0.5) is 0 Å². The van der Waals surface area contributed by atoms with E-state index in [0.717, 1.165) is 62.2 Å². The molecule has 0 atom stereocenters. The Bertz CT molecular complexity index is 1800. The first-order valence-electron chi connectivity index (χ1n) is 16.8. The third kappa shape index (κ3) is 15.5. The summed E-state index contributed by atoms with van der Waals surface area (Å²) in [6.07, 6.45) is 11.4. The smallest absolute Gasteiger partial charge is 0.330 e. The zero-order chi connectivity index (χ0) is 38.4. The second kappa shape index (κ2) is 23.4. The van der Waals surface area contributed by atoms with Crippen molar-refractivity contribution in [2.45, 2.75) is 42.4 Å². The number of thioether (sulfide) groups is 2. The molecule has 0 bridgehead atoms. The first-order valence-corrected chi connectivity index (χ1v) is 18.4. The van der Waals surface area contributed by atoms with Crippen molar-refractivity contribution in [3.63, 3.8) is 0 Å². The lowest BCUT2D eigenvalue weighted by Crippen LogP contribution is -2.05. The Morgan fingerprint density at radius 1 is 0.604 bits per heavy atom. The summed E-state index contributed by atoms with van der Waals surface area (Å²) in [6.45, 7) is 10.1. The van der Waals surface area contributed by atoms with E-state index in [1.54, 1.807) is 50.6 Å². The molecule has 0 amide bonds. The largest absolute Gasteiger partial charge is 0.493 e. The first kappa shape index (κ1) is 42.2. The van der Waals surface area contributed by atoms with Crippen LogP contribution < -0.4 is 18.9 Å². The number of hydrogen-bond donors (Lipinski definition) is 0. The minimum atomic E-state index is -0.445. The summed E-state index contributed by atoms with van der Waals surface area (Å²) in [7, 11) is 3.10. The molecular weight excluding hydrogens is 717 g/mol. The molecule has 0 aliphatic heterocycles. The fraction of sp³-hybridized carbons (Fsp3) is 0.268.